The molecule has 1 heterocycles. The van der Waals surface area contributed by atoms with Gasteiger partial charge in [0.2, 0.25) is 0 Å². The standard InChI is InChI=1S/C13H13NO2/c1-8-11-6-10(16-3)4-5-13(11)14-7-12(8)9(2)15/h4-7H,1-3H3. The van der Waals surface area contributed by atoms with Gasteiger partial charge in [-0.25, -0.2) is 0 Å². The van der Waals surface area contributed by atoms with Crippen molar-refractivity contribution in [1.29, 1.82) is 0 Å². The fourth-order valence-corrected chi connectivity index (χ4v) is 1.79. The van der Waals surface area contributed by atoms with Crippen molar-refractivity contribution in [2.75, 3.05) is 7.11 Å². The maximum absolute atomic E-state index is 11.4. The Kier molecular flexibility index (Phi) is 2.60. The minimum absolute atomic E-state index is 0.0368. The molecule has 0 aliphatic rings. The Morgan fingerprint density at radius 3 is 2.75 bits per heavy atom. The zero-order valence-corrected chi connectivity index (χ0v) is 9.57. The highest BCUT2D eigenvalue weighted by Gasteiger charge is 2.08. The van der Waals surface area contributed by atoms with Gasteiger partial charge in [0.15, 0.2) is 5.78 Å². The van der Waals surface area contributed by atoms with E-state index in [1.165, 1.54) is 0 Å². The molecule has 2 rings (SSSR count). The summed E-state index contributed by atoms with van der Waals surface area (Å²) in [6.07, 6.45) is 1.63. The number of ketones is 1. The fourth-order valence-electron chi connectivity index (χ4n) is 1.79. The van der Waals surface area contributed by atoms with Crippen LogP contribution >= 0.6 is 0 Å². The van der Waals surface area contributed by atoms with Crippen molar-refractivity contribution in [3.05, 3.63) is 35.5 Å². The summed E-state index contributed by atoms with van der Waals surface area (Å²) in [5.41, 5.74) is 2.50. The monoisotopic (exact) mass is 215 g/mol. The smallest absolute Gasteiger partial charge is 0.161 e. The Bertz CT molecular complexity index is 561. The first-order valence-corrected chi connectivity index (χ1v) is 5.08. The van der Waals surface area contributed by atoms with E-state index in [4.69, 9.17) is 4.74 Å². The van der Waals surface area contributed by atoms with Gasteiger partial charge in [-0.15, -0.1) is 0 Å². The molecule has 0 unspecified atom stereocenters. The molecule has 0 bridgehead atoms. The highest BCUT2D eigenvalue weighted by atomic mass is 16.5. The van der Waals surface area contributed by atoms with Gasteiger partial charge in [0, 0.05) is 17.1 Å². The van der Waals surface area contributed by atoms with E-state index in [9.17, 15) is 4.79 Å². The number of pyridine rings is 1. The van der Waals surface area contributed by atoms with E-state index in [1.807, 2.05) is 25.1 Å². The average Bonchev–Trinajstić information content (AvgIpc) is 2.28. The van der Waals surface area contributed by atoms with E-state index in [-0.39, 0.29) is 5.78 Å². The fraction of sp³-hybridized carbons (Fsp3) is 0.231. The Hall–Kier alpha value is -1.90. The second-order valence-electron chi connectivity index (χ2n) is 3.74. The molecule has 3 heteroatoms. The summed E-state index contributed by atoms with van der Waals surface area (Å²) >= 11 is 0. The van der Waals surface area contributed by atoms with Gasteiger partial charge in [0.1, 0.15) is 5.75 Å². The summed E-state index contributed by atoms with van der Waals surface area (Å²) in [6, 6.07) is 5.66. The average molecular weight is 215 g/mol. The number of hydrogen-bond donors (Lipinski definition) is 0. The Balaban J connectivity index is 2.75. The van der Waals surface area contributed by atoms with E-state index in [0.29, 0.717) is 5.56 Å². The third-order valence-electron chi connectivity index (χ3n) is 2.72. The van der Waals surface area contributed by atoms with E-state index < -0.39 is 0 Å². The number of methoxy groups -OCH3 is 1. The molecular weight excluding hydrogens is 202 g/mol. The SMILES string of the molecule is COc1ccc2ncc(C(C)=O)c(C)c2c1. The molecule has 0 saturated carbocycles. The van der Waals surface area contributed by atoms with Crippen LogP contribution < -0.4 is 4.74 Å². The molecule has 0 aliphatic heterocycles. The second-order valence-corrected chi connectivity index (χ2v) is 3.74. The van der Waals surface area contributed by atoms with Crippen LogP contribution in [0.1, 0.15) is 22.8 Å². The lowest BCUT2D eigenvalue weighted by Crippen LogP contribution is -1.98. The summed E-state index contributed by atoms with van der Waals surface area (Å²) < 4.78 is 5.16. The van der Waals surface area contributed by atoms with Gasteiger partial charge < -0.3 is 4.74 Å². The third kappa shape index (κ3) is 1.65. The number of benzene rings is 1. The zero-order chi connectivity index (χ0) is 11.7. The lowest BCUT2D eigenvalue weighted by molar-refractivity contribution is 0.101. The van der Waals surface area contributed by atoms with Crippen molar-refractivity contribution in [1.82, 2.24) is 4.98 Å². The number of fused-ring (bicyclic) bond motifs is 1. The van der Waals surface area contributed by atoms with Crippen LogP contribution in [-0.2, 0) is 0 Å². The zero-order valence-electron chi connectivity index (χ0n) is 9.57. The van der Waals surface area contributed by atoms with E-state index >= 15 is 0 Å². The maximum atomic E-state index is 11.4. The van der Waals surface area contributed by atoms with Crippen LogP contribution in [0.2, 0.25) is 0 Å². The quantitative estimate of drug-likeness (QED) is 0.723. The van der Waals surface area contributed by atoms with Crippen molar-refractivity contribution >= 4 is 16.7 Å². The number of aromatic nitrogens is 1. The molecule has 82 valence electrons. The molecule has 0 atom stereocenters. The van der Waals surface area contributed by atoms with Gasteiger partial charge in [-0.1, -0.05) is 0 Å². The number of nitrogens with zero attached hydrogens (tertiary/aromatic N) is 1. The molecule has 1 aromatic carbocycles. The summed E-state index contributed by atoms with van der Waals surface area (Å²) in [5.74, 6) is 0.813. The van der Waals surface area contributed by atoms with Crippen LogP contribution in [0.5, 0.6) is 5.75 Å². The molecule has 0 spiro atoms. The van der Waals surface area contributed by atoms with Crippen molar-refractivity contribution in [2.45, 2.75) is 13.8 Å². The molecule has 1 aromatic heterocycles. The number of Topliss-reactive ketones (excluding diaryl/α,β-unsaturated/α-hetero) is 1. The molecule has 0 amide bonds. The lowest BCUT2D eigenvalue weighted by Gasteiger charge is -2.07. The topological polar surface area (TPSA) is 39.2 Å². The molecule has 0 fully saturated rings. The second kappa shape index (κ2) is 3.93. The van der Waals surface area contributed by atoms with Gasteiger partial charge in [0.25, 0.3) is 0 Å². The van der Waals surface area contributed by atoms with Crippen LogP contribution in [0.15, 0.2) is 24.4 Å². The third-order valence-corrected chi connectivity index (χ3v) is 2.72. The predicted molar refractivity (Wildman–Crippen MR) is 63.0 cm³/mol. The summed E-state index contributed by atoms with van der Waals surface area (Å²) in [6.45, 7) is 3.48. The summed E-state index contributed by atoms with van der Waals surface area (Å²) in [5, 5.41) is 0.965. The maximum Gasteiger partial charge on any atom is 0.161 e. The van der Waals surface area contributed by atoms with Crippen LogP contribution in [0.25, 0.3) is 10.9 Å². The van der Waals surface area contributed by atoms with Crippen molar-refractivity contribution < 1.29 is 9.53 Å². The number of rotatable bonds is 2. The normalized spacial score (nSPS) is 10.4. The van der Waals surface area contributed by atoms with Crippen LogP contribution in [0.4, 0.5) is 0 Å². The first-order valence-electron chi connectivity index (χ1n) is 5.08. The largest absolute Gasteiger partial charge is 0.497 e. The van der Waals surface area contributed by atoms with Gasteiger partial charge in [-0.2, -0.15) is 0 Å². The summed E-state index contributed by atoms with van der Waals surface area (Å²) in [7, 11) is 1.62. The first kappa shape index (κ1) is 10.6. The van der Waals surface area contributed by atoms with Crippen LogP contribution in [-0.4, -0.2) is 17.9 Å². The van der Waals surface area contributed by atoms with Gasteiger partial charge in [-0.05, 0) is 37.6 Å². The lowest BCUT2D eigenvalue weighted by atomic mass is 10.0. The Labute approximate surface area is 94.1 Å². The van der Waals surface area contributed by atoms with E-state index in [1.54, 1.807) is 20.2 Å². The van der Waals surface area contributed by atoms with E-state index in [2.05, 4.69) is 4.98 Å². The Morgan fingerprint density at radius 1 is 1.38 bits per heavy atom. The van der Waals surface area contributed by atoms with Crippen LogP contribution in [0.3, 0.4) is 0 Å². The van der Waals surface area contributed by atoms with Crippen molar-refractivity contribution in [2.24, 2.45) is 0 Å². The predicted octanol–water partition coefficient (Wildman–Crippen LogP) is 2.75. The number of ether oxygens (including phenoxy) is 1. The van der Waals surface area contributed by atoms with Gasteiger partial charge in [0.05, 0.1) is 12.6 Å². The number of hydrogen-bond acceptors (Lipinski definition) is 3. The summed E-state index contributed by atoms with van der Waals surface area (Å²) in [4.78, 5) is 15.7. The van der Waals surface area contributed by atoms with Crippen molar-refractivity contribution in [3.8, 4) is 5.75 Å². The molecule has 3 nitrogen and oxygen atoms in total. The highest BCUT2D eigenvalue weighted by Crippen LogP contribution is 2.24. The first-order chi connectivity index (χ1) is 7.63. The van der Waals surface area contributed by atoms with E-state index in [0.717, 1.165) is 22.2 Å². The molecule has 0 N–H and O–H groups in total. The van der Waals surface area contributed by atoms with Crippen molar-refractivity contribution in [3.63, 3.8) is 0 Å². The highest BCUT2D eigenvalue weighted by molar-refractivity contribution is 6.00. The number of carbonyl (C=O) groups excluding carboxylic acids is 1. The number of aryl methyl sites for hydroxylation is 1. The van der Waals surface area contributed by atoms with Gasteiger partial charge >= 0.3 is 0 Å². The molecular formula is C13H13NO2. The molecule has 0 aliphatic carbocycles. The molecule has 0 saturated heterocycles. The molecule has 16 heavy (non-hydrogen) atoms. The molecule has 2 aromatic rings. The minimum atomic E-state index is 0.0368. The number of carbonyl (C=O) groups is 1. The van der Waals surface area contributed by atoms with Gasteiger partial charge in [-0.3, -0.25) is 9.78 Å². The van der Waals surface area contributed by atoms with Crippen LogP contribution in [0, 0.1) is 6.92 Å². The minimum Gasteiger partial charge on any atom is -0.497 e. The molecule has 0 radical (unpaired) electrons. The Morgan fingerprint density at radius 2 is 2.12 bits per heavy atom.